The third-order valence-corrected chi connectivity index (χ3v) is 4.45. The van der Waals surface area contributed by atoms with Crippen molar-refractivity contribution in [3.8, 4) is 5.75 Å². The maximum absolute atomic E-state index is 11.9. The van der Waals surface area contributed by atoms with E-state index in [1.807, 2.05) is 24.3 Å². The fourth-order valence-corrected chi connectivity index (χ4v) is 3.22. The van der Waals surface area contributed by atoms with Crippen LogP contribution >= 0.6 is 34.5 Å². The normalized spacial score (nSPS) is 10.2. The summed E-state index contributed by atoms with van der Waals surface area (Å²) in [7, 11) is 1.59. The highest BCUT2D eigenvalue weighted by molar-refractivity contribution is 7.20. The van der Waals surface area contributed by atoms with Gasteiger partial charge in [-0.25, -0.2) is 0 Å². The Balaban J connectivity index is 1.78. The number of benzene rings is 1. The quantitative estimate of drug-likeness (QED) is 0.818. The van der Waals surface area contributed by atoms with Crippen LogP contribution in [0.3, 0.4) is 0 Å². The van der Waals surface area contributed by atoms with Crippen molar-refractivity contribution in [1.82, 2.24) is 10.6 Å². The Morgan fingerprint density at radius 2 is 1.87 bits per heavy atom. The van der Waals surface area contributed by atoms with Gasteiger partial charge in [-0.05, 0) is 23.8 Å². The van der Waals surface area contributed by atoms with E-state index in [4.69, 9.17) is 27.9 Å². The Labute approximate surface area is 147 Å². The molecule has 0 aliphatic rings. The van der Waals surface area contributed by atoms with Gasteiger partial charge in [0.05, 0.1) is 23.6 Å². The maximum atomic E-state index is 11.9. The summed E-state index contributed by atoms with van der Waals surface area (Å²) >= 11 is 12.8. The highest BCUT2D eigenvalue weighted by Crippen LogP contribution is 2.30. The zero-order chi connectivity index (χ0) is 16.8. The lowest BCUT2D eigenvalue weighted by molar-refractivity contribution is -0.120. The zero-order valence-corrected chi connectivity index (χ0v) is 14.5. The van der Waals surface area contributed by atoms with E-state index in [2.05, 4.69) is 10.6 Å². The number of halogens is 2. The van der Waals surface area contributed by atoms with Crippen LogP contribution in [0.1, 0.15) is 15.9 Å². The van der Waals surface area contributed by atoms with Crippen LogP contribution in [-0.4, -0.2) is 25.5 Å². The number of hydrogen-bond donors (Lipinski definition) is 2. The molecule has 1 aromatic heterocycles. The molecule has 0 saturated carbocycles. The minimum Gasteiger partial charge on any atom is -0.497 e. The van der Waals surface area contributed by atoms with Gasteiger partial charge < -0.3 is 15.4 Å². The second kappa shape index (κ2) is 8.19. The lowest BCUT2D eigenvalue weighted by Gasteiger charge is -2.07. The molecule has 0 aliphatic carbocycles. The molecule has 2 rings (SSSR count). The summed E-state index contributed by atoms with van der Waals surface area (Å²) in [4.78, 5) is 23.6. The summed E-state index contributed by atoms with van der Waals surface area (Å²) in [6.07, 6.45) is 0. The number of carbonyl (C=O) groups excluding carboxylic acids is 2. The van der Waals surface area contributed by atoms with E-state index in [0.29, 0.717) is 15.2 Å². The van der Waals surface area contributed by atoms with E-state index in [0.717, 1.165) is 22.6 Å². The van der Waals surface area contributed by atoms with E-state index in [1.165, 1.54) is 6.07 Å². The first-order valence-electron chi connectivity index (χ1n) is 6.62. The molecule has 2 N–H and O–H groups in total. The number of ether oxygens (including phenoxy) is 1. The fraction of sp³-hybridized carbons (Fsp3) is 0.200. The molecule has 0 fully saturated rings. The molecular formula is C15H14Cl2N2O3S. The predicted molar refractivity (Wildman–Crippen MR) is 91.5 cm³/mol. The Morgan fingerprint density at radius 3 is 2.43 bits per heavy atom. The van der Waals surface area contributed by atoms with Gasteiger partial charge in [-0.2, -0.15) is 0 Å². The van der Waals surface area contributed by atoms with E-state index in [1.54, 1.807) is 7.11 Å². The number of rotatable bonds is 6. The maximum Gasteiger partial charge on any atom is 0.254 e. The van der Waals surface area contributed by atoms with Gasteiger partial charge in [0.15, 0.2) is 0 Å². The zero-order valence-electron chi connectivity index (χ0n) is 12.2. The average Bonchev–Trinajstić information content (AvgIpc) is 2.89. The van der Waals surface area contributed by atoms with Crippen LogP contribution in [0.25, 0.3) is 0 Å². The second-order valence-corrected chi connectivity index (χ2v) is 6.83. The monoisotopic (exact) mass is 372 g/mol. The first-order valence-corrected chi connectivity index (χ1v) is 8.19. The first-order chi connectivity index (χ1) is 11.0. The topological polar surface area (TPSA) is 67.4 Å². The van der Waals surface area contributed by atoms with E-state index in [9.17, 15) is 9.59 Å². The van der Waals surface area contributed by atoms with Crippen molar-refractivity contribution in [2.45, 2.75) is 6.54 Å². The van der Waals surface area contributed by atoms with Crippen molar-refractivity contribution in [3.63, 3.8) is 0 Å². The van der Waals surface area contributed by atoms with E-state index in [-0.39, 0.29) is 18.0 Å². The molecular weight excluding hydrogens is 359 g/mol. The Bertz CT molecular complexity index is 701. The predicted octanol–water partition coefficient (Wildman–Crippen LogP) is 3.11. The lowest BCUT2D eigenvalue weighted by Crippen LogP contribution is -2.36. The van der Waals surface area contributed by atoms with Gasteiger partial charge in [0.25, 0.3) is 5.91 Å². The first kappa shape index (κ1) is 17.6. The number of nitrogens with one attached hydrogen (secondary N) is 2. The van der Waals surface area contributed by atoms with Gasteiger partial charge in [-0.1, -0.05) is 35.3 Å². The molecule has 8 heteroatoms. The van der Waals surface area contributed by atoms with Crippen LogP contribution in [0.2, 0.25) is 8.67 Å². The van der Waals surface area contributed by atoms with Gasteiger partial charge in [0, 0.05) is 6.54 Å². The molecule has 0 unspecified atom stereocenters. The largest absolute Gasteiger partial charge is 0.497 e. The highest BCUT2D eigenvalue weighted by Gasteiger charge is 2.14. The minimum absolute atomic E-state index is 0.140. The van der Waals surface area contributed by atoms with Gasteiger partial charge in [0.2, 0.25) is 5.91 Å². The molecule has 2 aromatic rings. The van der Waals surface area contributed by atoms with Crippen LogP contribution in [0.15, 0.2) is 30.3 Å². The van der Waals surface area contributed by atoms with E-state index < -0.39 is 5.91 Å². The molecule has 0 radical (unpaired) electrons. The van der Waals surface area contributed by atoms with Crippen molar-refractivity contribution in [3.05, 3.63) is 50.1 Å². The van der Waals surface area contributed by atoms with Crippen LogP contribution < -0.4 is 15.4 Å². The van der Waals surface area contributed by atoms with Gasteiger partial charge in [-0.15, -0.1) is 11.3 Å². The van der Waals surface area contributed by atoms with Crippen molar-refractivity contribution < 1.29 is 14.3 Å². The summed E-state index contributed by atoms with van der Waals surface area (Å²) in [5, 5.41) is 5.21. The second-order valence-electron chi connectivity index (χ2n) is 4.55. The SMILES string of the molecule is COc1ccc(CNC(=O)CNC(=O)c2cc(Cl)sc2Cl)cc1. The molecule has 5 nitrogen and oxygen atoms in total. The number of hydrogen-bond acceptors (Lipinski definition) is 4. The van der Waals surface area contributed by atoms with Crippen molar-refractivity contribution >= 4 is 46.4 Å². The molecule has 1 aromatic carbocycles. The lowest BCUT2D eigenvalue weighted by atomic mass is 10.2. The van der Waals surface area contributed by atoms with Crippen molar-refractivity contribution in [2.24, 2.45) is 0 Å². The van der Waals surface area contributed by atoms with Crippen molar-refractivity contribution in [1.29, 1.82) is 0 Å². The van der Waals surface area contributed by atoms with Crippen LogP contribution in [0.5, 0.6) is 5.75 Å². The summed E-state index contributed by atoms with van der Waals surface area (Å²) in [5.74, 6) is 0.0167. The molecule has 23 heavy (non-hydrogen) atoms. The standard InChI is InChI=1S/C15H14Cl2N2O3S/c1-22-10-4-2-9(3-5-10)7-18-13(20)8-19-15(21)11-6-12(16)23-14(11)17/h2-6H,7-8H2,1H3,(H,18,20)(H,19,21). The summed E-state index contributed by atoms with van der Waals surface area (Å²) in [6, 6.07) is 8.80. The molecule has 0 bridgehead atoms. The highest BCUT2D eigenvalue weighted by atomic mass is 35.5. The molecule has 1 heterocycles. The fourth-order valence-electron chi connectivity index (χ4n) is 1.76. The molecule has 0 atom stereocenters. The number of carbonyl (C=O) groups is 2. The number of thiophene rings is 1. The number of amides is 2. The molecule has 122 valence electrons. The van der Waals surface area contributed by atoms with Gasteiger partial charge in [-0.3, -0.25) is 9.59 Å². The smallest absolute Gasteiger partial charge is 0.254 e. The summed E-state index contributed by atoms with van der Waals surface area (Å²) in [5.41, 5.74) is 1.20. The Kier molecular flexibility index (Phi) is 6.27. The summed E-state index contributed by atoms with van der Waals surface area (Å²) < 4.78 is 5.78. The van der Waals surface area contributed by atoms with Crippen LogP contribution in [0, 0.1) is 0 Å². The van der Waals surface area contributed by atoms with Crippen LogP contribution in [-0.2, 0) is 11.3 Å². The third kappa shape index (κ3) is 5.13. The minimum atomic E-state index is -0.433. The van der Waals surface area contributed by atoms with Gasteiger partial charge in [0.1, 0.15) is 10.1 Å². The van der Waals surface area contributed by atoms with Crippen LogP contribution in [0.4, 0.5) is 0 Å². The average molecular weight is 373 g/mol. The Morgan fingerprint density at radius 1 is 1.17 bits per heavy atom. The van der Waals surface area contributed by atoms with E-state index >= 15 is 0 Å². The molecule has 0 spiro atoms. The molecule has 0 saturated heterocycles. The third-order valence-electron chi connectivity index (χ3n) is 2.96. The molecule has 0 aliphatic heterocycles. The van der Waals surface area contributed by atoms with Gasteiger partial charge >= 0.3 is 0 Å². The number of methoxy groups -OCH3 is 1. The molecule has 2 amide bonds. The summed E-state index contributed by atoms with van der Waals surface area (Å²) in [6.45, 7) is 0.225. The van der Waals surface area contributed by atoms with Crippen molar-refractivity contribution in [2.75, 3.05) is 13.7 Å². The Hall–Kier alpha value is -1.76.